The van der Waals surface area contributed by atoms with Gasteiger partial charge in [-0.05, 0) is 206 Å². The number of hydrogen-bond donors (Lipinski definition) is 8. The van der Waals surface area contributed by atoms with Gasteiger partial charge in [0.15, 0.2) is 11.5 Å². The van der Waals surface area contributed by atoms with Crippen LogP contribution in [0, 0.1) is 36.0 Å². The summed E-state index contributed by atoms with van der Waals surface area (Å²) in [5.74, 6) is 1.75. The topological polar surface area (TPSA) is 347 Å². The van der Waals surface area contributed by atoms with E-state index in [1.165, 1.54) is 25.7 Å². The third kappa shape index (κ3) is 24.6. The summed E-state index contributed by atoms with van der Waals surface area (Å²) in [7, 11) is 0. The van der Waals surface area contributed by atoms with Gasteiger partial charge in [0.05, 0.1) is 75.3 Å². The van der Waals surface area contributed by atoms with Crippen molar-refractivity contribution < 1.29 is 91.7 Å². The van der Waals surface area contributed by atoms with E-state index >= 15 is 0 Å². The first-order valence-electron chi connectivity index (χ1n) is 37.3. The summed E-state index contributed by atoms with van der Waals surface area (Å²) in [5, 5.41) is 52.7. The normalized spacial score (nSPS) is 18.1. The standard InChI is InChI=1S/C23H24N2O5.C22H29NO4.C20H21NO6.C19H27NO4.CH4/c1-14(2)29-18-11-9-16(10-12-18)19(13-20(26)27)24-23(28)21-15(3)30-25-22(21)17-7-5-4-6-8-17;1-2-27-18-5-3-17(4-6-18)19(10-20(24)25)23-21(26)22-11-14-7-15(12-22)9-16(8-14)13-22;1-2-9-25-15-6-3-13(4-7-15)16(11-19(22)23)21-20(24)14-5-8-17-18(10-14)27-12-26-17;1-13(2)24-16-10-8-14(9-11-16)17(12-18(21)22)20-19(23)15-6-4-3-5-7-15;/h4-12,14,19H,13H2,1-3H3,(H,24,28)(H,26,27);3-6,14-16,19H,2,7-13H2,1H3,(H,23,26)(H,24,25);3-8,10,16H,2,9,11-12H2,1H3,(H,21,24)(H,22,23);8-11,13,15,17H,3-7,12H2,1-2H3,(H,20,23)(H,21,22);1H4. The molecule has 0 saturated heterocycles. The summed E-state index contributed by atoms with van der Waals surface area (Å²) in [5.41, 5.74) is 4.51. The van der Waals surface area contributed by atoms with Crippen LogP contribution in [0.5, 0.6) is 34.5 Å². The Morgan fingerprint density at radius 1 is 0.514 bits per heavy atom. The number of amides is 4. The van der Waals surface area contributed by atoms with Crippen LogP contribution in [-0.2, 0) is 28.8 Å². The zero-order valence-corrected chi connectivity index (χ0v) is 62.4. The molecule has 24 heteroatoms. The van der Waals surface area contributed by atoms with Crippen molar-refractivity contribution in [1.82, 2.24) is 26.4 Å². The van der Waals surface area contributed by atoms with Crippen molar-refractivity contribution in [2.45, 2.75) is 195 Å². The lowest BCUT2D eigenvalue weighted by atomic mass is 9.49. The highest BCUT2D eigenvalue weighted by atomic mass is 16.7. The minimum absolute atomic E-state index is 0. The van der Waals surface area contributed by atoms with E-state index in [2.05, 4.69) is 26.4 Å². The number of benzene rings is 6. The van der Waals surface area contributed by atoms with Gasteiger partial charge in [-0.25, -0.2) is 0 Å². The van der Waals surface area contributed by atoms with Crippen LogP contribution in [0.15, 0.2) is 150 Å². The van der Waals surface area contributed by atoms with Crippen molar-refractivity contribution in [3.8, 4) is 45.8 Å². The van der Waals surface area contributed by atoms with Crippen LogP contribution in [0.25, 0.3) is 11.3 Å². The van der Waals surface area contributed by atoms with Crippen molar-refractivity contribution in [2.24, 2.45) is 29.1 Å². The summed E-state index contributed by atoms with van der Waals surface area (Å²) in [6.45, 7) is 14.7. The minimum atomic E-state index is -1.02. The molecule has 4 bridgehead atoms. The Bertz CT molecular complexity index is 4100. The molecule has 6 aliphatic rings. The van der Waals surface area contributed by atoms with Gasteiger partial charge in [0, 0.05) is 22.5 Å². The second-order valence-electron chi connectivity index (χ2n) is 28.9. The van der Waals surface area contributed by atoms with Gasteiger partial charge in [0.1, 0.15) is 40.0 Å². The van der Waals surface area contributed by atoms with Crippen molar-refractivity contribution in [3.63, 3.8) is 0 Å². The van der Waals surface area contributed by atoms with Crippen LogP contribution in [0.2, 0.25) is 0 Å². The van der Waals surface area contributed by atoms with Crippen molar-refractivity contribution in [3.05, 3.63) is 185 Å². The van der Waals surface area contributed by atoms with E-state index in [4.69, 9.17) is 38.1 Å². The maximum Gasteiger partial charge on any atom is 0.305 e. The zero-order valence-electron chi connectivity index (χ0n) is 62.4. The van der Waals surface area contributed by atoms with Crippen LogP contribution in [-0.4, -0.2) is 105 Å². The van der Waals surface area contributed by atoms with E-state index in [1.807, 2.05) is 120 Å². The molecule has 4 amide bonds. The highest BCUT2D eigenvalue weighted by molar-refractivity contribution is 6.01. The number of carbonyl (C=O) groups is 8. The molecule has 5 fully saturated rings. The largest absolute Gasteiger partial charge is 0.494 e. The first-order valence-corrected chi connectivity index (χ1v) is 37.3. The fourth-order valence-electron chi connectivity index (χ4n) is 15.1. The van der Waals surface area contributed by atoms with E-state index in [0.717, 1.165) is 79.6 Å². The molecule has 6 aromatic carbocycles. The summed E-state index contributed by atoms with van der Waals surface area (Å²) >= 11 is 0. The lowest BCUT2D eigenvalue weighted by Crippen LogP contribution is -2.54. The molecule has 4 unspecified atom stereocenters. The maximum absolute atomic E-state index is 13.3. The highest BCUT2D eigenvalue weighted by Gasteiger charge is 2.55. The average molecular weight is 1500 g/mol. The predicted octanol–water partition coefficient (Wildman–Crippen LogP) is 15.8. The molecule has 0 spiro atoms. The maximum atomic E-state index is 13.3. The molecule has 5 aliphatic carbocycles. The van der Waals surface area contributed by atoms with Crippen LogP contribution < -0.4 is 49.7 Å². The van der Waals surface area contributed by atoms with E-state index in [9.17, 15) is 53.7 Å². The minimum Gasteiger partial charge on any atom is -0.494 e. The number of nitrogens with one attached hydrogen (secondary N) is 4. The molecule has 1 aliphatic heterocycles. The molecule has 7 aromatic rings. The molecule has 24 nitrogen and oxygen atoms in total. The second-order valence-corrected chi connectivity index (χ2v) is 28.9. The van der Waals surface area contributed by atoms with Crippen LogP contribution in [0.4, 0.5) is 0 Å². The summed E-state index contributed by atoms with van der Waals surface area (Å²) in [6.07, 6.45) is 12.2. The van der Waals surface area contributed by atoms with Gasteiger partial charge in [-0.15, -0.1) is 0 Å². The van der Waals surface area contributed by atoms with Gasteiger partial charge in [-0.3, -0.25) is 38.4 Å². The number of carboxylic acids is 4. The average Bonchev–Trinajstić information content (AvgIpc) is 1.54. The fraction of sp³-hybridized carbons (Fsp3) is 0.447. The lowest BCUT2D eigenvalue weighted by Gasteiger charge is -2.55. The van der Waals surface area contributed by atoms with Gasteiger partial charge in [0.2, 0.25) is 18.6 Å². The van der Waals surface area contributed by atoms with Gasteiger partial charge in [-0.2, -0.15) is 0 Å². The number of fused-ring (bicyclic) bond motifs is 1. The number of hydrogen-bond acceptors (Lipinski definition) is 16. The molecule has 584 valence electrons. The smallest absolute Gasteiger partial charge is 0.305 e. The highest BCUT2D eigenvalue weighted by Crippen LogP contribution is 2.60. The van der Waals surface area contributed by atoms with Gasteiger partial charge in [0.25, 0.3) is 11.8 Å². The van der Waals surface area contributed by atoms with Gasteiger partial charge in [-0.1, -0.05) is 118 Å². The number of carbonyl (C=O) groups excluding carboxylic acids is 4. The second kappa shape index (κ2) is 40.3. The van der Waals surface area contributed by atoms with Gasteiger partial charge >= 0.3 is 23.9 Å². The number of ether oxygens (including phenoxy) is 6. The summed E-state index contributed by atoms with van der Waals surface area (Å²) in [6, 6.07) is 40.4. The quantitative estimate of drug-likeness (QED) is 0.0207. The van der Waals surface area contributed by atoms with Crippen LogP contribution >= 0.6 is 0 Å². The van der Waals surface area contributed by atoms with Crippen LogP contribution in [0.1, 0.15) is 225 Å². The molecule has 0 radical (unpaired) electrons. The van der Waals surface area contributed by atoms with Crippen molar-refractivity contribution in [2.75, 3.05) is 20.0 Å². The molecule has 1 aromatic heterocycles. The van der Waals surface area contributed by atoms with Crippen molar-refractivity contribution >= 4 is 47.5 Å². The SMILES string of the molecule is C.CC(C)Oc1ccc(C(CC(=O)O)NC(=O)C2CCCCC2)cc1.CCCOc1ccc(C(CC(=O)O)NC(=O)c2ccc3c(c2)OCO3)cc1.CCOc1ccc(C(CC(=O)O)NC(=O)C23CC4CC(CC(C4)C2)C3)cc1.Cc1onc(-c2ccccc2)c1C(=O)NC(CC(=O)O)c1ccc(OC(C)C)cc1. The van der Waals surface area contributed by atoms with Crippen LogP contribution in [0.3, 0.4) is 0 Å². The lowest BCUT2D eigenvalue weighted by molar-refractivity contribution is -0.148. The Morgan fingerprint density at radius 2 is 0.945 bits per heavy atom. The van der Waals surface area contributed by atoms with E-state index < -0.39 is 54.0 Å². The molecule has 2 heterocycles. The van der Waals surface area contributed by atoms with Gasteiger partial charge < -0.3 is 74.6 Å². The summed E-state index contributed by atoms with van der Waals surface area (Å²) < 4.78 is 38.0. The Morgan fingerprint density at radius 3 is 1.39 bits per heavy atom. The monoisotopic (exact) mass is 1500 g/mol. The Balaban J connectivity index is 0.000000183. The Kier molecular flexibility index (Phi) is 31.0. The first kappa shape index (κ1) is 83.7. The molecular weight excluding hydrogens is 1390 g/mol. The first-order chi connectivity index (χ1) is 51.8. The van der Waals surface area contributed by atoms with E-state index in [-0.39, 0.29) is 86.7 Å². The number of aromatic nitrogens is 1. The Hall–Kier alpha value is -10.9. The number of carboxylic acid groups (broad SMARTS) is 4. The number of aryl methyl sites for hydroxylation is 1. The Labute approximate surface area is 637 Å². The number of aliphatic carboxylic acids is 4. The molecule has 5 saturated carbocycles. The number of rotatable bonds is 30. The third-order valence-corrected chi connectivity index (χ3v) is 19.7. The number of nitrogens with zero attached hydrogens (tertiary/aromatic N) is 1. The molecular formula is C85H105N5O19. The van der Waals surface area contributed by atoms with E-state index in [1.54, 1.807) is 73.7 Å². The predicted molar refractivity (Wildman–Crippen MR) is 409 cm³/mol. The molecule has 4 atom stereocenters. The third-order valence-electron chi connectivity index (χ3n) is 19.7. The summed E-state index contributed by atoms with van der Waals surface area (Å²) in [4.78, 5) is 96.7. The zero-order chi connectivity index (χ0) is 77.4. The van der Waals surface area contributed by atoms with Crippen molar-refractivity contribution in [1.29, 1.82) is 0 Å². The van der Waals surface area contributed by atoms with E-state index in [0.29, 0.717) is 82.1 Å². The molecule has 13 rings (SSSR count). The molecule has 8 N–H and O–H groups in total. The fourth-order valence-corrected chi connectivity index (χ4v) is 15.1. The molecule has 109 heavy (non-hydrogen) atoms.